The van der Waals surface area contributed by atoms with E-state index in [4.69, 9.17) is 5.26 Å². The summed E-state index contributed by atoms with van der Waals surface area (Å²) in [5.41, 5.74) is -0.259. The van der Waals surface area contributed by atoms with Crippen LogP contribution in [-0.4, -0.2) is 31.2 Å². The number of nitriles is 1. The molecule has 72 valence electrons. The van der Waals surface area contributed by atoms with Crippen molar-refractivity contribution in [2.45, 2.75) is 19.8 Å². The molecule has 1 rings (SSSR count). The number of carbonyl (C=O) groups is 1. The number of methoxy groups -OCH3 is 1. The Labute approximate surface area is 78.1 Å². The summed E-state index contributed by atoms with van der Waals surface area (Å²) in [6.07, 6.45) is 1.18. The van der Waals surface area contributed by atoms with Crippen LogP contribution in [0.25, 0.3) is 0 Å². The van der Waals surface area contributed by atoms with Gasteiger partial charge < -0.3 is 9.64 Å². The molecule has 0 aromatic rings. The monoisotopic (exact) mass is 182 g/mol. The predicted octanol–water partition coefficient (Wildman–Crippen LogP) is 1.38. The highest BCUT2D eigenvalue weighted by atomic mass is 16.5. The summed E-state index contributed by atoms with van der Waals surface area (Å²) in [6, 6.07) is 2.28. The van der Waals surface area contributed by atoms with Crippen LogP contribution in [0.5, 0.6) is 0 Å². The molecule has 0 N–H and O–H groups in total. The number of likely N-dealkylation sites (tertiary alicyclic amines) is 1. The first kappa shape index (κ1) is 9.85. The third-order valence-electron chi connectivity index (χ3n) is 2.57. The van der Waals surface area contributed by atoms with Crippen LogP contribution in [0, 0.1) is 16.7 Å². The zero-order valence-electron chi connectivity index (χ0n) is 8.04. The summed E-state index contributed by atoms with van der Waals surface area (Å²) in [6.45, 7) is 3.18. The van der Waals surface area contributed by atoms with E-state index in [1.54, 1.807) is 4.90 Å². The molecule has 0 saturated carbocycles. The molecule has 1 amide bonds. The van der Waals surface area contributed by atoms with Gasteiger partial charge >= 0.3 is 6.09 Å². The van der Waals surface area contributed by atoms with Crippen LogP contribution in [0.2, 0.25) is 0 Å². The maximum Gasteiger partial charge on any atom is 0.409 e. The molecule has 0 aromatic heterocycles. The number of ether oxygens (including phenoxy) is 1. The number of nitrogens with zero attached hydrogens (tertiary/aromatic N) is 2. The molecule has 1 saturated heterocycles. The van der Waals surface area contributed by atoms with Gasteiger partial charge in [-0.1, -0.05) is 0 Å². The van der Waals surface area contributed by atoms with Gasteiger partial charge in [-0.25, -0.2) is 4.79 Å². The molecule has 4 heteroatoms. The van der Waals surface area contributed by atoms with E-state index in [0.717, 1.165) is 12.8 Å². The average Bonchev–Trinajstić information content (AvgIpc) is 2.18. The first-order valence-electron chi connectivity index (χ1n) is 4.35. The van der Waals surface area contributed by atoms with Crippen molar-refractivity contribution in [2.75, 3.05) is 20.2 Å². The summed E-state index contributed by atoms with van der Waals surface area (Å²) < 4.78 is 4.60. The van der Waals surface area contributed by atoms with Crippen LogP contribution in [0.1, 0.15) is 19.8 Å². The van der Waals surface area contributed by atoms with E-state index in [1.807, 2.05) is 6.92 Å². The third kappa shape index (κ3) is 2.11. The lowest BCUT2D eigenvalue weighted by molar-refractivity contribution is 0.0982. The van der Waals surface area contributed by atoms with Gasteiger partial charge in [-0.05, 0) is 19.8 Å². The van der Waals surface area contributed by atoms with Crippen molar-refractivity contribution < 1.29 is 9.53 Å². The number of amides is 1. The number of rotatable bonds is 0. The van der Waals surface area contributed by atoms with Crippen molar-refractivity contribution in [2.24, 2.45) is 5.41 Å². The maximum absolute atomic E-state index is 11.1. The van der Waals surface area contributed by atoms with E-state index in [0.29, 0.717) is 13.1 Å². The first-order chi connectivity index (χ1) is 6.11. The van der Waals surface area contributed by atoms with Crippen LogP contribution in [-0.2, 0) is 4.74 Å². The molecule has 0 radical (unpaired) electrons. The summed E-state index contributed by atoms with van der Waals surface area (Å²) in [7, 11) is 1.38. The average molecular weight is 182 g/mol. The van der Waals surface area contributed by atoms with E-state index in [-0.39, 0.29) is 11.5 Å². The molecule has 1 aliphatic heterocycles. The third-order valence-corrected chi connectivity index (χ3v) is 2.57. The van der Waals surface area contributed by atoms with Crippen molar-refractivity contribution in [3.05, 3.63) is 0 Å². The van der Waals surface area contributed by atoms with Crippen molar-refractivity contribution in [3.8, 4) is 6.07 Å². The van der Waals surface area contributed by atoms with Gasteiger partial charge in [-0.3, -0.25) is 0 Å². The Morgan fingerprint density at radius 1 is 1.54 bits per heavy atom. The van der Waals surface area contributed by atoms with E-state index in [1.165, 1.54) is 7.11 Å². The maximum atomic E-state index is 11.1. The quantitative estimate of drug-likeness (QED) is 0.568. The Kier molecular flexibility index (Phi) is 2.76. The second-order valence-corrected chi connectivity index (χ2v) is 3.63. The van der Waals surface area contributed by atoms with E-state index >= 15 is 0 Å². The lowest BCUT2D eigenvalue weighted by Crippen LogP contribution is -2.41. The van der Waals surface area contributed by atoms with Gasteiger partial charge in [0, 0.05) is 13.1 Å². The Hall–Kier alpha value is -1.24. The molecule has 0 atom stereocenters. The SMILES string of the molecule is COC(=O)N1CCC(C)(C#N)CC1. The Morgan fingerprint density at radius 2 is 2.08 bits per heavy atom. The van der Waals surface area contributed by atoms with Gasteiger partial charge in [0.1, 0.15) is 0 Å². The number of piperidine rings is 1. The van der Waals surface area contributed by atoms with Crippen LogP contribution in [0.15, 0.2) is 0 Å². The van der Waals surface area contributed by atoms with Crippen molar-refractivity contribution in [1.82, 2.24) is 4.90 Å². The number of carbonyl (C=O) groups excluding carboxylic acids is 1. The minimum atomic E-state index is -0.292. The summed E-state index contributed by atoms with van der Waals surface area (Å²) in [5.74, 6) is 0. The highest BCUT2D eigenvalue weighted by Gasteiger charge is 2.31. The highest BCUT2D eigenvalue weighted by molar-refractivity contribution is 5.67. The Bertz CT molecular complexity index is 236. The van der Waals surface area contributed by atoms with Crippen LogP contribution >= 0.6 is 0 Å². The highest BCUT2D eigenvalue weighted by Crippen LogP contribution is 2.29. The normalized spacial score (nSPS) is 20.5. The minimum Gasteiger partial charge on any atom is -0.453 e. The molecule has 4 nitrogen and oxygen atoms in total. The molecule has 0 spiro atoms. The number of hydrogen-bond acceptors (Lipinski definition) is 3. The molecular formula is C9H14N2O2. The molecule has 1 fully saturated rings. The van der Waals surface area contributed by atoms with Gasteiger partial charge in [-0.2, -0.15) is 5.26 Å². The zero-order valence-corrected chi connectivity index (χ0v) is 8.04. The van der Waals surface area contributed by atoms with Crippen LogP contribution in [0.4, 0.5) is 4.79 Å². The van der Waals surface area contributed by atoms with E-state index < -0.39 is 0 Å². The predicted molar refractivity (Wildman–Crippen MR) is 46.9 cm³/mol. The largest absolute Gasteiger partial charge is 0.453 e. The molecule has 1 heterocycles. The van der Waals surface area contributed by atoms with Gasteiger partial charge in [0.15, 0.2) is 0 Å². The smallest absolute Gasteiger partial charge is 0.409 e. The molecular weight excluding hydrogens is 168 g/mol. The minimum absolute atomic E-state index is 0.259. The van der Waals surface area contributed by atoms with Crippen molar-refractivity contribution in [1.29, 1.82) is 5.26 Å². The lowest BCUT2D eigenvalue weighted by Gasteiger charge is -2.33. The standard InChI is InChI=1S/C9H14N2O2/c1-9(7-10)3-5-11(6-4-9)8(12)13-2/h3-6H2,1-2H3. The second kappa shape index (κ2) is 3.65. The van der Waals surface area contributed by atoms with Gasteiger partial charge in [0.2, 0.25) is 0 Å². The Balaban J connectivity index is 2.49. The number of hydrogen-bond donors (Lipinski definition) is 0. The topological polar surface area (TPSA) is 53.3 Å². The van der Waals surface area contributed by atoms with E-state index in [9.17, 15) is 4.79 Å². The fraction of sp³-hybridized carbons (Fsp3) is 0.778. The second-order valence-electron chi connectivity index (χ2n) is 3.63. The van der Waals surface area contributed by atoms with Gasteiger partial charge in [0.05, 0.1) is 18.6 Å². The van der Waals surface area contributed by atoms with Gasteiger partial charge in [-0.15, -0.1) is 0 Å². The van der Waals surface area contributed by atoms with Crippen LogP contribution < -0.4 is 0 Å². The van der Waals surface area contributed by atoms with E-state index in [2.05, 4.69) is 10.8 Å². The molecule has 1 aliphatic rings. The molecule has 0 unspecified atom stereocenters. The first-order valence-corrected chi connectivity index (χ1v) is 4.35. The summed E-state index contributed by atoms with van der Waals surface area (Å²) in [5, 5.41) is 8.85. The van der Waals surface area contributed by atoms with Crippen LogP contribution in [0.3, 0.4) is 0 Å². The molecule has 0 aliphatic carbocycles. The summed E-state index contributed by atoms with van der Waals surface area (Å²) in [4.78, 5) is 12.7. The molecule has 0 aromatic carbocycles. The van der Waals surface area contributed by atoms with Crippen molar-refractivity contribution in [3.63, 3.8) is 0 Å². The fourth-order valence-electron chi connectivity index (χ4n) is 1.42. The zero-order chi connectivity index (χ0) is 9.90. The fourth-order valence-corrected chi connectivity index (χ4v) is 1.42. The molecule has 0 bridgehead atoms. The Morgan fingerprint density at radius 3 is 2.46 bits per heavy atom. The molecule has 13 heavy (non-hydrogen) atoms. The van der Waals surface area contributed by atoms with Crippen molar-refractivity contribution >= 4 is 6.09 Å². The van der Waals surface area contributed by atoms with Gasteiger partial charge in [0.25, 0.3) is 0 Å². The lowest BCUT2D eigenvalue weighted by atomic mass is 9.82. The summed E-state index contributed by atoms with van der Waals surface area (Å²) >= 11 is 0.